The minimum Gasteiger partial charge on any atom is -0.491 e. The fraction of sp³-hybridized carbons (Fsp3) is 0.316. The summed E-state index contributed by atoms with van der Waals surface area (Å²) in [5.41, 5.74) is 4.83. The SMILES string of the molecule is CCCOc1cc(C)ccc1NC(=O)c1ccc2c(c1)CCN2.Cl. The van der Waals surface area contributed by atoms with Gasteiger partial charge in [-0.15, -0.1) is 12.4 Å². The van der Waals surface area contributed by atoms with E-state index in [1.165, 1.54) is 5.56 Å². The Kier molecular flexibility index (Phi) is 6.10. The van der Waals surface area contributed by atoms with E-state index in [9.17, 15) is 4.79 Å². The standard InChI is InChI=1S/C19H22N2O2.ClH/c1-3-10-23-18-11-13(2)4-6-17(18)21-19(22)15-5-7-16-14(12-15)8-9-20-16;/h4-7,11-12,20H,3,8-10H2,1-2H3,(H,21,22);1H. The van der Waals surface area contributed by atoms with Gasteiger partial charge in [-0.25, -0.2) is 0 Å². The number of rotatable bonds is 5. The lowest BCUT2D eigenvalue weighted by Gasteiger charge is -2.13. The van der Waals surface area contributed by atoms with Crippen molar-refractivity contribution in [3.05, 3.63) is 53.1 Å². The Hall–Kier alpha value is -2.20. The van der Waals surface area contributed by atoms with Crippen LogP contribution in [0.3, 0.4) is 0 Å². The predicted molar refractivity (Wildman–Crippen MR) is 101 cm³/mol. The van der Waals surface area contributed by atoms with E-state index in [0.717, 1.165) is 36.4 Å². The van der Waals surface area contributed by atoms with E-state index in [2.05, 4.69) is 17.6 Å². The molecular formula is C19H23ClN2O2. The zero-order valence-corrected chi connectivity index (χ0v) is 14.8. The summed E-state index contributed by atoms with van der Waals surface area (Å²) in [6.07, 6.45) is 1.89. The molecule has 2 aromatic carbocycles. The third-order valence-corrected chi connectivity index (χ3v) is 3.92. The van der Waals surface area contributed by atoms with Crippen molar-refractivity contribution in [2.24, 2.45) is 0 Å². The van der Waals surface area contributed by atoms with Crippen LogP contribution in [-0.4, -0.2) is 19.1 Å². The number of nitrogens with one attached hydrogen (secondary N) is 2. The first-order valence-electron chi connectivity index (χ1n) is 8.09. The first-order chi connectivity index (χ1) is 11.2. The van der Waals surface area contributed by atoms with Gasteiger partial charge in [0.2, 0.25) is 0 Å². The van der Waals surface area contributed by atoms with Gasteiger partial charge in [-0.1, -0.05) is 13.0 Å². The van der Waals surface area contributed by atoms with Gasteiger partial charge in [0.1, 0.15) is 5.75 Å². The van der Waals surface area contributed by atoms with Crippen molar-refractivity contribution in [1.29, 1.82) is 0 Å². The zero-order valence-electron chi connectivity index (χ0n) is 14.0. The molecule has 1 aliphatic heterocycles. The number of carbonyl (C=O) groups excluding carboxylic acids is 1. The molecule has 1 aliphatic rings. The molecule has 2 aromatic rings. The van der Waals surface area contributed by atoms with Crippen LogP contribution in [0, 0.1) is 6.92 Å². The molecule has 0 atom stereocenters. The molecule has 1 amide bonds. The van der Waals surface area contributed by atoms with Crippen LogP contribution in [-0.2, 0) is 6.42 Å². The number of fused-ring (bicyclic) bond motifs is 1. The number of aryl methyl sites for hydroxylation is 1. The van der Waals surface area contributed by atoms with Crippen molar-refractivity contribution in [3.8, 4) is 5.75 Å². The summed E-state index contributed by atoms with van der Waals surface area (Å²) >= 11 is 0. The van der Waals surface area contributed by atoms with Crippen LogP contribution in [0.5, 0.6) is 5.75 Å². The summed E-state index contributed by atoms with van der Waals surface area (Å²) in [7, 11) is 0. The number of ether oxygens (including phenoxy) is 1. The summed E-state index contributed by atoms with van der Waals surface area (Å²) in [5, 5.41) is 6.27. The molecule has 24 heavy (non-hydrogen) atoms. The summed E-state index contributed by atoms with van der Waals surface area (Å²) in [6.45, 7) is 5.65. The van der Waals surface area contributed by atoms with Crippen molar-refractivity contribution >= 4 is 29.7 Å². The number of benzene rings is 2. The van der Waals surface area contributed by atoms with Crippen molar-refractivity contribution in [2.75, 3.05) is 23.8 Å². The van der Waals surface area contributed by atoms with Crippen LogP contribution in [0.25, 0.3) is 0 Å². The second-order valence-electron chi connectivity index (χ2n) is 5.85. The fourth-order valence-electron chi connectivity index (χ4n) is 2.70. The molecule has 0 fully saturated rings. The van der Waals surface area contributed by atoms with Crippen LogP contribution < -0.4 is 15.4 Å². The van der Waals surface area contributed by atoms with Crippen LogP contribution in [0.2, 0.25) is 0 Å². The Morgan fingerprint density at radius 3 is 2.88 bits per heavy atom. The first-order valence-corrected chi connectivity index (χ1v) is 8.09. The topological polar surface area (TPSA) is 50.4 Å². The minimum atomic E-state index is -0.107. The minimum absolute atomic E-state index is 0. The molecule has 0 bridgehead atoms. The lowest BCUT2D eigenvalue weighted by Crippen LogP contribution is -2.13. The molecule has 0 radical (unpaired) electrons. The fourth-order valence-corrected chi connectivity index (χ4v) is 2.70. The molecule has 3 rings (SSSR count). The second-order valence-corrected chi connectivity index (χ2v) is 5.85. The Morgan fingerprint density at radius 1 is 1.25 bits per heavy atom. The summed E-state index contributed by atoms with van der Waals surface area (Å²) in [4.78, 5) is 12.5. The molecule has 4 nitrogen and oxygen atoms in total. The van der Waals surface area contributed by atoms with E-state index in [4.69, 9.17) is 4.74 Å². The van der Waals surface area contributed by atoms with Crippen LogP contribution in [0.1, 0.15) is 34.8 Å². The molecule has 0 saturated carbocycles. The maximum atomic E-state index is 12.5. The number of anilines is 2. The molecule has 5 heteroatoms. The highest BCUT2D eigenvalue weighted by Crippen LogP contribution is 2.28. The molecule has 128 valence electrons. The first kappa shape index (κ1) is 18.1. The van der Waals surface area contributed by atoms with Crippen molar-refractivity contribution < 1.29 is 9.53 Å². The quantitative estimate of drug-likeness (QED) is 0.842. The number of hydrogen-bond donors (Lipinski definition) is 2. The lowest BCUT2D eigenvalue weighted by atomic mass is 10.1. The summed E-state index contributed by atoms with van der Waals surface area (Å²) < 4.78 is 5.75. The average molecular weight is 347 g/mol. The van der Waals surface area contributed by atoms with Crippen LogP contribution in [0.4, 0.5) is 11.4 Å². The van der Waals surface area contributed by atoms with E-state index in [1.807, 2.05) is 43.3 Å². The third-order valence-electron chi connectivity index (χ3n) is 3.92. The van der Waals surface area contributed by atoms with Gasteiger partial charge in [-0.3, -0.25) is 4.79 Å². The van der Waals surface area contributed by atoms with Gasteiger partial charge in [-0.05, 0) is 61.2 Å². The maximum absolute atomic E-state index is 12.5. The van der Waals surface area contributed by atoms with Gasteiger partial charge < -0.3 is 15.4 Å². The van der Waals surface area contributed by atoms with Crippen LogP contribution >= 0.6 is 12.4 Å². The third kappa shape index (κ3) is 4.01. The molecule has 1 heterocycles. The van der Waals surface area contributed by atoms with E-state index in [-0.39, 0.29) is 18.3 Å². The molecule has 0 saturated heterocycles. The Balaban J connectivity index is 0.00000208. The van der Waals surface area contributed by atoms with E-state index in [0.29, 0.717) is 17.9 Å². The number of halogens is 1. The second kappa shape index (κ2) is 8.06. The highest BCUT2D eigenvalue weighted by atomic mass is 35.5. The smallest absolute Gasteiger partial charge is 0.255 e. The van der Waals surface area contributed by atoms with Crippen molar-refractivity contribution in [1.82, 2.24) is 0 Å². The molecule has 0 aliphatic carbocycles. The molecule has 0 aromatic heterocycles. The van der Waals surface area contributed by atoms with Gasteiger partial charge in [0, 0.05) is 17.8 Å². The largest absolute Gasteiger partial charge is 0.491 e. The predicted octanol–water partition coefficient (Wildman–Crippen LogP) is 4.43. The Morgan fingerprint density at radius 2 is 2.08 bits per heavy atom. The Bertz CT molecular complexity index is 731. The van der Waals surface area contributed by atoms with E-state index >= 15 is 0 Å². The van der Waals surface area contributed by atoms with Crippen molar-refractivity contribution in [3.63, 3.8) is 0 Å². The number of hydrogen-bond acceptors (Lipinski definition) is 3. The molecular weight excluding hydrogens is 324 g/mol. The molecule has 0 spiro atoms. The zero-order chi connectivity index (χ0) is 16.2. The van der Waals surface area contributed by atoms with E-state index in [1.54, 1.807) is 0 Å². The lowest BCUT2D eigenvalue weighted by molar-refractivity contribution is 0.102. The van der Waals surface area contributed by atoms with Gasteiger partial charge >= 0.3 is 0 Å². The van der Waals surface area contributed by atoms with Gasteiger partial charge in [0.25, 0.3) is 5.91 Å². The highest BCUT2D eigenvalue weighted by molar-refractivity contribution is 6.05. The Labute approximate surface area is 149 Å². The van der Waals surface area contributed by atoms with Gasteiger partial charge in [0.05, 0.1) is 12.3 Å². The average Bonchev–Trinajstić information content (AvgIpc) is 3.02. The van der Waals surface area contributed by atoms with Crippen molar-refractivity contribution in [2.45, 2.75) is 26.7 Å². The van der Waals surface area contributed by atoms with Crippen LogP contribution in [0.15, 0.2) is 36.4 Å². The maximum Gasteiger partial charge on any atom is 0.255 e. The molecule has 0 unspecified atom stereocenters. The van der Waals surface area contributed by atoms with Gasteiger partial charge in [0.15, 0.2) is 0 Å². The summed E-state index contributed by atoms with van der Waals surface area (Å²) in [5.74, 6) is 0.618. The monoisotopic (exact) mass is 346 g/mol. The normalized spacial score (nSPS) is 11.9. The van der Waals surface area contributed by atoms with E-state index < -0.39 is 0 Å². The summed E-state index contributed by atoms with van der Waals surface area (Å²) in [6, 6.07) is 11.6. The number of amides is 1. The number of carbonyl (C=O) groups is 1. The van der Waals surface area contributed by atoms with Gasteiger partial charge in [-0.2, -0.15) is 0 Å². The molecule has 2 N–H and O–H groups in total. The highest BCUT2D eigenvalue weighted by Gasteiger charge is 2.15.